The molecule has 0 atom stereocenters. The highest BCUT2D eigenvalue weighted by Gasteiger charge is 2.30. The van der Waals surface area contributed by atoms with Crippen molar-refractivity contribution in [3.63, 3.8) is 0 Å². The molecule has 0 unspecified atom stereocenters. The van der Waals surface area contributed by atoms with Gasteiger partial charge in [-0.1, -0.05) is 20.8 Å². The SMILES string of the molecule is COc1c(O[C@H]2CC[C@@H](C(C)(C)C)CC2)ccnc1C. The fraction of sp³-hybridized carbons (Fsp3) is 0.706. The van der Waals surface area contributed by atoms with Gasteiger partial charge < -0.3 is 9.47 Å². The summed E-state index contributed by atoms with van der Waals surface area (Å²) in [5, 5.41) is 0. The summed E-state index contributed by atoms with van der Waals surface area (Å²) in [4.78, 5) is 4.24. The van der Waals surface area contributed by atoms with Gasteiger partial charge in [0.25, 0.3) is 0 Å². The fourth-order valence-corrected chi connectivity index (χ4v) is 3.10. The Labute approximate surface area is 122 Å². The Kier molecular flexibility index (Phi) is 4.56. The van der Waals surface area contributed by atoms with Crippen LogP contribution in [0.4, 0.5) is 0 Å². The summed E-state index contributed by atoms with van der Waals surface area (Å²) in [5.41, 5.74) is 1.30. The number of pyridine rings is 1. The van der Waals surface area contributed by atoms with Crippen LogP contribution < -0.4 is 9.47 Å². The van der Waals surface area contributed by atoms with E-state index >= 15 is 0 Å². The molecule has 1 aromatic heterocycles. The number of methoxy groups -OCH3 is 1. The molecule has 3 nitrogen and oxygen atoms in total. The normalized spacial score (nSPS) is 23.4. The number of rotatable bonds is 3. The first-order valence-corrected chi connectivity index (χ1v) is 7.58. The van der Waals surface area contributed by atoms with E-state index in [0.29, 0.717) is 11.5 Å². The van der Waals surface area contributed by atoms with E-state index in [1.165, 1.54) is 12.8 Å². The Morgan fingerprint density at radius 2 is 1.80 bits per heavy atom. The Balaban J connectivity index is 1.98. The van der Waals surface area contributed by atoms with E-state index in [9.17, 15) is 0 Å². The van der Waals surface area contributed by atoms with Gasteiger partial charge in [-0.25, -0.2) is 0 Å². The van der Waals surface area contributed by atoms with Gasteiger partial charge >= 0.3 is 0 Å². The molecule has 1 saturated carbocycles. The van der Waals surface area contributed by atoms with Crippen molar-refractivity contribution < 1.29 is 9.47 Å². The third kappa shape index (κ3) is 3.44. The molecule has 20 heavy (non-hydrogen) atoms. The fourth-order valence-electron chi connectivity index (χ4n) is 3.10. The Hall–Kier alpha value is -1.25. The maximum atomic E-state index is 6.15. The maximum Gasteiger partial charge on any atom is 0.182 e. The molecule has 112 valence electrons. The summed E-state index contributed by atoms with van der Waals surface area (Å²) in [5.74, 6) is 2.41. The zero-order chi connectivity index (χ0) is 14.8. The number of ether oxygens (including phenoxy) is 2. The number of aromatic nitrogens is 1. The Morgan fingerprint density at radius 3 is 2.35 bits per heavy atom. The largest absolute Gasteiger partial charge is 0.491 e. The lowest BCUT2D eigenvalue weighted by Gasteiger charge is -2.37. The van der Waals surface area contributed by atoms with Crippen molar-refractivity contribution in [2.75, 3.05) is 7.11 Å². The lowest BCUT2D eigenvalue weighted by molar-refractivity contribution is 0.0860. The minimum atomic E-state index is 0.310. The quantitative estimate of drug-likeness (QED) is 0.821. The molecule has 1 heterocycles. The van der Waals surface area contributed by atoms with Crippen molar-refractivity contribution in [1.82, 2.24) is 4.98 Å². The third-order valence-electron chi connectivity index (χ3n) is 4.44. The van der Waals surface area contributed by atoms with Crippen molar-refractivity contribution in [3.8, 4) is 11.5 Å². The molecule has 0 aliphatic heterocycles. The molecular formula is C17H27NO2. The van der Waals surface area contributed by atoms with E-state index in [1.807, 2.05) is 13.0 Å². The summed E-state index contributed by atoms with van der Waals surface area (Å²) >= 11 is 0. The highest BCUT2D eigenvalue weighted by molar-refractivity contribution is 5.42. The summed E-state index contributed by atoms with van der Waals surface area (Å²) < 4.78 is 11.6. The van der Waals surface area contributed by atoms with Gasteiger partial charge in [0.05, 0.1) is 18.9 Å². The molecule has 3 heteroatoms. The highest BCUT2D eigenvalue weighted by Crippen LogP contribution is 2.39. The molecular weight excluding hydrogens is 250 g/mol. The number of nitrogens with zero attached hydrogens (tertiary/aromatic N) is 1. The first kappa shape index (κ1) is 15.1. The van der Waals surface area contributed by atoms with Crippen LogP contribution in [0.5, 0.6) is 11.5 Å². The van der Waals surface area contributed by atoms with Crippen LogP contribution >= 0.6 is 0 Å². The molecule has 0 amide bonds. The molecule has 0 aromatic carbocycles. The van der Waals surface area contributed by atoms with Crippen LogP contribution in [0.25, 0.3) is 0 Å². The summed E-state index contributed by atoms with van der Waals surface area (Å²) in [6.45, 7) is 8.97. The third-order valence-corrected chi connectivity index (χ3v) is 4.44. The van der Waals surface area contributed by atoms with Crippen molar-refractivity contribution in [2.24, 2.45) is 11.3 Å². The molecule has 1 aliphatic rings. The van der Waals surface area contributed by atoms with Crippen molar-refractivity contribution in [2.45, 2.75) is 59.5 Å². The molecule has 0 bridgehead atoms. The number of hydrogen-bond acceptors (Lipinski definition) is 3. The second kappa shape index (κ2) is 6.02. The number of aryl methyl sites for hydroxylation is 1. The van der Waals surface area contributed by atoms with Crippen molar-refractivity contribution >= 4 is 0 Å². The minimum Gasteiger partial charge on any atom is -0.491 e. The van der Waals surface area contributed by atoms with E-state index < -0.39 is 0 Å². The van der Waals surface area contributed by atoms with Gasteiger partial charge in [0, 0.05) is 12.3 Å². The zero-order valence-corrected chi connectivity index (χ0v) is 13.4. The molecule has 1 aliphatic carbocycles. The van der Waals surface area contributed by atoms with Gasteiger partial charge in [-0.05, 0) is 43.9 Å². The Bertz CT molecular complexity index is 443. The van der Waals surface area contributed by atoms with E-state index in [1.54, 1.807) is 13.3 Å². The van der Waals surface area contributed by atoms with Gasteiger partial charge in [0.1, 0.15) is 0 Å². The van der Waals surface area contributed by atoms with Gasteiger partial charge in [-0.2, -0.15) is 0 Å². The van der Waals surface area contributed by atoms with Crippen LogP contribution in [0.3, 0.4) is 0 Å². The van der Waals surface area contributed by atoms with Crippen LogP contribution in [0, 0.1) is 18.3 Å². The second-order valence-corrected chi connectivity index (χ2v) is 6.89. The number of hydrogen-bond donors (Lipinski definition) is 0. The van der Waals surface area contributed by atoms with Crippen LogP contribution in [-0.2, 0) is 0 Å². The van der Waals surface area contributed by atoms with Gasteiger partial charge in [-0.3, -0.25) is 4.98 Å². The predicted octanol–water partition coefficient (Wildman–Crippen LogP) is 4.38. The average Bonchev–Trinajstić information content (AvgIpc) is 2.38. The summed E-state index contributed by atoms with van der Waals surface area (Å²) in [7, 11) is 1.67. The van der Waals surface area contributed by atoms with Crippen LogP contribution in [-0.4, -0.2) is 18.2 Å². The second-order valence-electron chi connectivity index (χ2n) is 6.89. The first-order valence-electron chi connectivity index (χ1n) is 7.58. The zero-order valence-electron chi connectivity index (χ0n) is 13.4. The molecule has 2 rings (SSSR count). The van der Waals surface area contributed by atoms with Crippen LogP contribution in [0.15, 0.2) is 12.3 Å². The molecule has 1 fully saturated rings. The molecule has 0 saturated heterocycles. The molecule has 0 radical (unpaired) electrons. The molecule has 1 aromatic rings. The topological polar surface area (TPSA) is 31.4 Å². The average molecular weight is 277 g/mol. The lowest BCUT2D eigenvalue weighted by Crippen LogP contribution is -2.30. The highest BCUT2D eigenvalue weighted by atomic mass is 16.5. The molecule has 0 N–H and O–H groups in total. The smallest absolute Gasteiger partial charge is 0.182 e. The van der Waals surface area contributed by atoms with Crippen molar-refractivity contribution in [1.29, 1.82) is 0 Å². The van der Waals surface area contributed by atoms with E-state index in [-0.39, 0.29) is 0 Å². The molecule has 0 spiro atoms. The van der Waals surface area contributed by atoms with E-state index in [2.05, 4.69) is 25.8 Å². The monoisotopic (exact) mass is 277 g/mol. The lowest BCUT2D eigenvalue weighted by atomic mass is 9.72. The van der Waals surface area contributed by atoms with E-state index in [4.69, 9.17) is 9.47 Å². The van der Waals surface area contributed by atoms with Crippen molar-refractivity contribution in [3.05, 3.63) is 18.0 Å². The van der Waals surface area contributed by atoms with Gasteiger partial charge in [0.15, 0.2) is 11.5 Å². The van der Waals surface area contributed by atoms with E-state index in [0.717, 1.165) is 36.0 Å². The summed E-state index contributed by atoms with van der Waals surface area (Å²) in [6.07, 6.45) is 6.86. The summed E-state index contributed by atoms with van der Waals surface area (Å²) in [6, 6.07) is 1.90. The first-order chi connectivity index (χ1) is 9.41. The van der Waals surface area contributed by atoms with Crippen LogP contribution in [0.2, 0.25) is 0 Å². The maximum absolute atomic E-state index is 6.15. The Morgan fingerprint density at radius 1 is 1.15 bits per heavy atom. The van der Waals surface area contributed by atoms with Crippen LogP contribution in [0.1, 0.15) is 52.1 Å². The minimum absolute atomic E-state index is 0.310. The van der Waals surface area contributed by atoms with Gasteiger partial charge in [-0.15, -0.1) is 0 Å². The predicted molar refractivity (Wildman–Crippen MR) is 81.4 cm³/mol. The van der Waals surface area contributed by atoms with Gasteiger partial charge in [0.2, 0.25) is 0 Å². The standard InChI is InChI=1S/C17H27NO2/c1-12-16(19-5)15(10-11-18-12)20-14-8-6-13(7-9-14)17(2,3)4/h10-11,13-14H,6-9H2,1-5H3/t13-,14+.